The first-order valence-corrected chi connectivity index (χ1v) is 11.3. The van der Waals surface area contributed by atoms with Crippen LogP contribution in [0.1, 0.15) is 27.6 Å². The number of nitrogens with zero attached hydrogens (tertiary/aromatic N) is 1. The van der Waals surface area contributed by atoms with Crippen LogP contribution in [0.25, 0.3) is 0 Å². The monoisotopic (exact) mass is 462 g/mol. The number of methoxy groups -OCH3 is 1. The normalized spacial score (nSPS) is 15.9. The Morgan fingerprint density at radius 3 is 2.41 bits per heavy atom. The summed E-state index contributed by atoms with van der Waals surface area (Å²) in [6, 6.07) is 7.15. The van der Waals surface area contributed by atoms with Crippen molar-refractivity contribution in [1.82, 2.24) is 4.31 Å². The summed E-state index contributed by atoms with van der Waals surface area (Å²) in [6.45, 7) is 2.39. The Labute approximate surface area is 185 Å². The second-order valence-electron chi connectivity index (χ2n) is 7.14. The maximum absolute atomic E-state index is 13.2. The van der Waals surface area contributed by atoms with Crippen LogP contribution in [0.4, 0.5) is 5.69 Å². The number of fused-ring (bicyclic) bond motifs is 1. The second-order valence-corrected chi connectivity index (χ2v) is 9.05. The summed E-state index contributed by atoms with van der Waals surface area (Å²) in [5.41, 5.74) is 0.572. The molecule has 10 nitrogen and oxygen atoms in total. The quantitative estimate of drug-likeness (QED) is 0.647. The van der Waals surface area contributed by atoms with Gasteiger partial charge in [-0.25, -0.2) is 8.42 Å². The molecular weight excluding hydrogens is 440 g/mol. The third-order valence-electron chi connectivity index (χ3n) is 5.15. The number of hydrogen-bond acceptors (Lipinski definition) is 8. The molecule has 32 heavy (non-hydrogen) atoms. The van der Waals surface area contributed by atoms with Crippen LogP contribution in [-0.4, -0.2) is 64.6 Å². The van der Waals surface area contributed by atoms with Crippen molar-refractivity contribution in [2.24, 2.45) is 0 Å². The Balaban J connectivity index is 1.67. The van der Waals surface area contributed by atoms with Gasteiger partial charge in [-0.05, 0) is 31.2 Å². The summed E-state index contributed by atoms with van der Waals surface area (Å²) in [5, 5.41) is 2.67. The molecule has 0 unspecified atom stereocenters. The SMILES string of the molecule is COc1ccc(C(=O)Nc2cc3c(cc2C(C)=O)OCO3)cc1S(=O)(=O)N1CCOCC1. The molecule has 1 fully saturated rings. The molecule has 0 aromatic heterocycles. The highest BCUT2D eigenvalue weighted by atomic mass is 32.2. The van der Waals surface area contributed by atoms with Crippen molar-refractivity contribution in [3.8, 4) is 17.2 Å². The summed E-state index contributed by atoms with van der Waals surface area (Å²) >= 11 is 0. The third kappa shape index (κ3) is 4.14. The number of carbonyl (C=O) groups excluding carboxylic acids is 2. The van der Waals surface area contributed by atoms with Crippen molar-refractivity contribution in [3.05, 3.63) is 41.5 Å². The van der Waals surface area contributed by atoms with Gasteiger partial charge in [0.2, 0.25) is 16.8 Å². The van der Waals surface area contributed by atoms with Crippen LogP contribution in [0, 0.1) is 0 Å². The number of sulfonamides is 1. The summed E-state index contributed by atoms with van der Waals surface area (Å²) in [5.74, 6) is 0.0732. The summed E-state index contributed by atoms with van der Waals surface area (Å²) in [7, 11) is -2.55. The highest BCUT2D eigenvalue weighted by Gasteiger charge is 2.30. The van der Waals surface area contributed by atoms with Gasteiger partial charge in [-0.2, -0.15) is 4.31 Å². The number of morpholine rings is 1. The molecule has 2 heterocycles. The van der Waals surface area contributed by atoms with Crippen molar-refractivity contribution in [1.29, 1.82) is 0 Å². The van der Waals surface area contributed by atoms with Crippen LogP contribution in [0.5, 0.6) is 17.2 Å². The molecule has 1 amide bonds. The second kappa shape index (κ2) is 8.77. The van der Waals surface area contributed by atoms with E-state index >= 15 is 0 Å². The molecule has 11 heteroatoms. The van der Waals surface area contributed by atoms with Crippen LogP contribution in [0.3, 0.4) is 0 Å². The van der Waals surface area contributed by atoms with Crippen molar-refractivity contribution in [2.75, 3.05) is 45.5 Å². The van der Waals surface area contributed by atoms with Gasteiger partial charge in [0.25, 0.3) is 5.91 Å². The summed E-state index contributed by atoms with van der Waals surface area (Å²) < 4.78 is 48.7. The molecule has 0 radical (unpaired) electrons. The number of nitrogens with one attached hydrogen (secondary N) is 1. The van der Waals surface area contributed by atoms with Gasteiger partial charge in [-0.3, -0.25) is 9.59 Å². The van der Waals surface area contributed by atoms with Gasteiger partial charge in [-0.15, -0.1) is 0 Å². The van der Waals surface area contributed by atoms with Crippen molar-refractivity contribution in [2.45, 2.75) is 11.8 Å². The fraction of sp³-hybridized carbons (Fsp3) is 0.333. The average molecular weight is 462 g/mol. The number of ketones is 1. The van der Waals surface area contributed by atoms with E-state index in [9.17, 15) is 18.0 Å². The Kier molecular flexibility index (Phi) is 6.04. The number of benzene rings is 2. The first-order chi connectivity index (χ1) is 15.3. The first-order valence-electron chi connectivity index (χ1n) is 9.83. The lowest BCUT2D eigenvalue weighted by Crippen LogP contribution is -2.40. The van der Waals surface area contributed by atoms with Crippen LogP contribution in [0.2, 0.25) is 0 Å². The molecule has 2 aliphatic rings. The van der Waals surface area contributed by atoms with Crippen LogP contribution < -0.4 is 19.5 Å². The zero-order valence-electron chi connectivity index (χ0n) is 17.5. The summed E-state index contributed by atoms with van der Waals surface area (Å²) in [6.07, 6.45) is 0. The molecule has 1 N–H and O–H groups in total. The lowest BCUT2D eigenvalue weighted by molar-refractivity contribution is 0.0729. The number of Topliss-reactive ketones (excluding diaryl/α,β-unsaturated/α-hetero) is 1. The van der Waals surface area contributed by atoms with Gasteiger partial charge >= 0.3 is 0 Å². The van der Waals surface area contributed by atoms with Gasteiger partial charge in [0.05, 0.1) is 26.0 Å². The largest absolute Gasteiger partial charge is 0.495 e. The van der Waals surface area contributed by atoms with Crippen molar-refractivity contribution >= 4 is 27.4 Å². The van der Waals surface area contributed by atoms with Crippen molar-refractivity contribution < 1.29 is 37.0 Å². The van der Waals surface area contributed by atoms with E-state index in [-0.39, 0.29) is 53.1 Å². The Morgan fingerprint density at radius 2 is 1.75 bits per heavy atom. The van der Waals surface area contributed by atoms with E-state index in [1.165, 1.54) is 48.7 Å². The minimum atomic E-state index is -3.91. The Hall–Kier alpha value is -3.15. The average Bonchev–Trinajstić information content (AvgIpc) is 3.26. The van der Waals surface area contributed by atoms with Crippen LogP contribution >= 0.6 is 0 Å². The molecule has 0 spiro atoms. The van der Waals surface area contributed by atoms with E-state index in [4.69, 9.17) is 18.9 Å². The maximum atomic E-state index is 13.2. The van der Waals surface area contributed by atoms with E-state index in [1.807, 2.05) is 0 Å². The fourth-order valence-corrected chi connectivity index (χ4v) is 5.07. The highest BCUT2D eigenvalue weighted by molar-refractivity contribution is 7.89. The zero-order valence-corrected chi connectivity index (χ0v) is 18.4. The van der Waals surface area contributed by atoms with Gasteiger partial charge < -0.3 is 24.3 Å². The number of carbonyl (C=O) groups is 2. The molecule has 0 atom stereocenters. The van der Waals surface area contributed by atoms with Crippen LogP contribution in [0.15, 0.2) is 35.2 Å². The minimum Gasteiger partial charge on any atom is -0.495 e. The molecule has 0 saturated carbocycles. The number of anilines is 1. The maximum Gasteiger partial charge on any atom is 0.255 e. The first kappa shape index (κ1) is 22.1. The van der Waals surface area contributed by atoms with E-state index in [1.54, 1.807) is 0 Å². The number of rotatable bonds is 6. The number of amides is 1. The van der Waals surface area contributed by atoms with E-state index in [0.717, 1.165) is 0 Å². The van der Waals surface area contributed by atoms with E-state index < -0.39 is 15.9 Å². The zero-order chi connectivity index (χ0) is 22.9. The topological polar surface area (TPSA) is 120 Å². The molecule has 2 aromatic rings. The van der Waals surface area contributed by atoms with Crippen molar-refractivity contribution in [3.63, 3.8) is 0 Å². The van der Waals surface area contributed by atoms with Crippen LogP contribution in [-0.2, 0) is 14.8 Å². The molecule has 1 saturated heterocycles. The van der Waals surface area contributed by atoms with E-state index in [2.05, 4.69) is 5.32 Å². The molecule has 2 aliphatic heterocycles. The number of ether oxygens (including phenoxy) is 4. The Morgan fingerprint density at radius 1 is 1.06 bits per heavy atom. The lowest BCUT2D eigenvalue weighted by Gasteiger charge is -2.26. The third-order valence-corrected chi connectivity index (χ3v) is 7.07. The summed E-state index contributed by atoms with van der Waals surface area (Å²) in [4.78, 5) is 24.9. The number of hydrogen-bond donors (Lipinski definition) is 1. The minimum absolute atomic E-state index is 0.0192. The Bertz CT molecular complexity index is 1170. The predicted molar refractivity (Wildman–Crippen MR) is 113 cm³/mol. The molecule has 0 aliphatic carbocycles. The standard InChI is InChI=1S/C21H22N2O8S/c1-13(24)15-10-18-19(31-12-30-18)11-16(15)22-21(25)14-3-4-17(28-2)20(9-14)32(26,27)23-5-7-29-8-6-23/h3-4,9-11H,5-8,12H2,1-2H3,(H,22,25). The fourth-order valence-electron chi connectivity index (χ4n) is 3.48. The highest BCUT2D eigenvalue weighted by Crippen LogP contribution is 2.37. The predicted octanol–water partition coefficient (Wildman–Crippen LogP) is 1.90. The van der Waals surface area contributed by atoms with Gasteiger partial charge in [0, 0.05) is 30.3 Å². The van der Waals surface area contributed by atoms with Gasteiger partial charge in [0.1, 0.15) is 10.6 Å². The van der Waals surface area contributed by atoms with Gasteiger partial charge in [0.15, 0.2) is 17.3 Å². The molecular formula is C21H22N2O8S. The molecule has 0 bridgehead atoms. The smallest absolute Gasteiger partial charge is 0.255 e. The lowest BCUT2D eigenvalue weighted by atomic mass is 10.1. The molecule has 4 rings (SSSR count). The van der Waals surface area contributed by atoms with Gasteiger partial charge in [-0.1, -0.05) is 0 Å². The van der Waals surface area contributed by atoms with E-state index in [0.29, 0.717) is 24.7 Å². The molecule has 2 aromatic carbocycles. The molecule has 170 valence electrons.